The topological polar surface area (TPSA) is 35.5 Å². The maximum absolute atomic E-state index is 10.8. The molecule has 1 heterocycles. The molecule has 0 N–H and O–H groups in total. The van der Waals surface area contributed by atoms with Gasteiger partial charge in [0.2, 0.25) is 0 Å². The van der Waals surface area contributed by atoms with Crippen LogP contribution < -0.4 is 0 Å². The summed E-state index contributed by atoms with van der Waals surface area (Å²) in [4.78, 5) is 10.8. The SMILES string of the molecule is CCO[C@H]1CCOC(=O)CC1. The lowest BCUT2D eigenvalue weighted by molar-refractivity contribution is -0.142. The molecule has 3 nitrogen and oxygen atoms in total. The van der Waals surface area contributed by atoms with Crippen LogP contribution in [0.25, 0.3) is 0 Å². The van der Waals surface area contributed by atoms with Gasteiger partial charge in [0.15, 0.2) is 0 Å². The molecule has 1 rings (SSSR count). The molecule has 1 fully saturated rings. The molecule has 1 aliphatic rings. The Hall–Kier alpha value is -0.570. The van der Waals surface area contributed by atoms with Gasteiger partial charge in [0.1, 0.15) is 0 Å². The molecule has 1 saturated heterocycles. The standard InChI is InChI=1S/C8H14O3/c1-2-10-7-3-4-8(9)11-6-5-7/h7H,2-6H2,1H3/t7-/m1/s1. The predicted molar refractivity (Wildman–Crippen MR) is 40.2 cm³/mol. The third kappa shape index (κ3) is 2.89. The van der Waals surface area contributed by atoms with Gasteiger partial charge >= 0.3 is 5.97 Å². The number of rotatable bonds is 2. The van der Waals surface area contributed by atoms with E-state index < -0.39 is 0 Å². The van der Waals surface area contributed by atoms with Crippen molar-refractivity contribution in [2.75, 3.05) is 13.2 Å². The lowest BCUT2D eigenvalue weighted by Crippen LogP contribution is -2.12. The molecule has 0 saturated carbocycles. The second-order valence-electron chi connectivity index (χ2n) is 2.63. The van der Waals surface area contributed by atoms with Gasteiger partial charge in [-0.1, -0.05) is 0 Å². The van der Waals surface area contributed by atoms with Crippen molar-refractivity contribution in [3.63, 3.8) is 0 Å². The molecular formula is C8H14O3. The minimum atomic E-state index is -0.0906. The van der Waals surface area contributed by atoms with E-state index in [1.54, 1.807) is 0 Å². The van der Waals surface area contributed by atoms with E-state index in [0.717, 1.165) is 19.4 Å². The van der Waals surface area contributed by atoms with E-state index in [2.05, 4.69) is 0 Å². The fourth-order valence-corrected chi connectivity index (χ4v) is 1.20. The molecule has 0 aromatic heterocycles. The average Bonchev–Trinajstić information content (AvgIpc) is 2.17. The molecule has 1 atom stereocenters. The molecule has 0 spiro atoms. The lowest BCUT2D eigenvalue weighted by Gasteiger charge is -2.11. The Labute approximate surface area is 66.7 Å². The van der Waals surface area contributed by atoms with Crippen molar-refractivity contribution in [3.05, 3.63) is 0 Å². The second kappa shape index (κ2) is 4.34. The van der Waals surface area contributed by atoms with Gasteiger partial charge in [-0.15, -0.1) is 0 Å². The van der Waals surface area contributed by atoms with E-state index in [1.807, 2.05) is 6.92 Å². The van der Waals surface area contributed by atoms with Crippen LogP contribution in [0.15, 0.2) is 0 Å². The van der Waals surface area contributed by atoms with Gasteiger partial charge in [0.25, 0.3) is 0 Å². The van der Waals surface area contributed by atoms with Gasteiger partial charge in [-0.05, 0) is 13.3 Å². The zero-order chi connectivity index (χ0) is 8.10. The highest BCUT2D eigenvalue weighted by Gasteiger charge is 2.16. The van der Waals surface area contributed by atoms with Crippen LogP contribution in [0.2, 0.25) is 0 Å². The third-order valence-corrected chi connectivity index (χ3v) is 1.78. The van der Waals surface area contributed by atoms with Crippen molar-refractivity contribution < 1.29 is 14.3 Å². The smallest absolute Gasteiger partial charge is 0.305 e. The molecule has 0 unspecified atom stereocenters. The van der Waals surface area contributed by atoms with Gasteiger partial charge in [0.05, 0.1) is 12.7 Å². The number of esters is 1. The first-order chi connectivity index (χ1) is 5.33. The van der Waals surface area contributed by atoms with Crippen LogP contribution in [0.3, 0.4) is 0 Å². The Morgan fingerprint density at radius 1 is 1.64 bits per heavy atom. The van der Waals surface area contributed by atoms with Crippen LogP contribution in [-0.2, 0) is 14.3 Å². The summed E-state index contributed by atoms with van der Waals surface area (Å²) >= 11 is 0. The molecule has 0 aliphatic carbocycles. The van der Waals surface area contributed by atoms with Crippen LogP contribution in [0.4, 0.5) is 0 Å². The van der Waals surface area contributed by atoms with E-state index in [9.17, 15) is 4.79 Å². The van der Waals surface area contributed by atoms with Crippen molar-refractivity contribution in [2.45, 2.75) is 32.3 Å². The van der Waals surface area contributed by atoms with E-state index in [0.29, 0.717) is 13.0 Å². The molecule has 0 aromatic rings. The maximum Gasteiger partial charge on any atom is 0.305 e. The van der Waals surface area contributed by atoms with E-state index in [-0.39, 0.29) is 12.1 Å². The monoisotopic (exact) mass is 158 g/mol. The predicted octanol–water partition coefficient (Wildman–Crippen LogP) is 1.12. The van der Waals surface area contributed by atoms with Crippen LogP contribution in [0, 0.1) is 0 Å². The summed E-state index contributed by atoms with van der Waals surface area (Å²) in [6, 6.07) is 0. The highest BCUT2D eigenvalue weighted by Crippen LogP contribution is 2.12. The number of carbonyl (C=O) groups excluding carboxylic acids is 1. The largest absolute Gasteiger partial charge is 0.466 e. The van der Waals surface area contributed by atoms with Crippen molar-refractivity contribution in [1.29, 1.82) is 0 Å². The fourth-order valence-electron chi connectivity index (χ4n) is 1.20. The summed E-state index contributed by atoms with van der Waals surface area (Å²) in [6.07, 6.45) is 2.39. The Kier molecular flexibility index (Phi) is 3.36. The van der Waals surface area contributed by atoms with Crippen molar-refractivity contribution in [3.8, 4) is 0 Å². The van der Waals surface area contributed by atoms with Crippen LogP contribution in [0.1, 0.15) is 26.2 Å². The van der Waals surface area contributed by atoms with Crippen LogP contribution >= 0.6 is 0 Å². The second-order valence-corrected chi connectivity index (χ2v) is 2.63. The molecule has 0 amide bonds. The van der Waals surface area contributed by atoms with Crippen LogP contribution in [-0.4, -0.2) is 25.3 Å². The zero-order valence-corrected chi connectivity index (χ0v) is 6.84. The number of carbonyl (C=O) groups is 1. The van der Waals surface area contributed by atoms with Crippen molar-refractivity contribution in [2.24, 2.45) is 0 Å². The number of hydrogen-bond donors (Lipinski definition) is 0. The first-order valence-corrected chi connectivity index (χ1v) is 4.10. The maximum atomic E-state index is 10.8. The number of hydrogen-bond acceptors (Lipinski definition) is 3. The van der Waals surface area contributed by atoms with Gasteiger partial charge < -0.3 is 9.47 Å². The Balaban J connectivity index is 2.28. The molecular weight excluding hydrogens is 144 g/mol. The Morgan fingerprint density at radius 2 is 2.45 bits per heavy atom. The van der Waals surface area contributed by atoms with Gasteiger partial charge in [-0.25, -0.2) is 0 Å². The summed E-state index contributed by atoms with van der Waals surface area (Å²) in [5, 5.41) is 0. The number of ether oxygens (including phenoxy) is 2. The zero-order valence-electron chi connectivity index (χ0n) is 6.84. The van der Waals surface area contributed by atoms with Crippen LogP contribution in [0.5, 0.6) is 0 Å². The first kappa shape index (κ1) is 8.53. The molecule has 0 radical (unpaired) electrons. The average molecular weight is 158 g/mol. The lowest BCUT2D eigenvalue weighted by atomic mass is 10.1. The highest BCUT2D eigenvalue weighted by molar-refractivity contribution is 5.69. The molecule has 3 heteroatoms. The summed E-state index contributed by atoms with van der Waals surface area (Å²) in [7, 11) is 0. The van der Waals surface area contributed by atoms with E-state index >= 15 is 0 Å². The highest BCUT2D eigenvalue weighted by atomic mass is 16.5. The molecule has 11 heavy (non-hydrogen) atoms. The summed E-state index contributed by atoms with van der Waals surface area (Å²) in [5.41, 5.74) is 0. The Bertz CT molecular complexity index is 133. The third-order valence-electron chi connectivity index (χ3n) is 1.78. The van der Waals surface area contributed by atoms with Gasteiger partial charge in [-0.2, -0.15) is 0 Å². The minimum absolute atomic E-state index is 0.0906. The molecule has 1 aliphatic heterocycles. The quantitative estimate of drug-likeness (QED) is 0.565. The van der Waals surface area contributed by atoms with Gasteiger partial charge in [0, 0.05) is 19.4 Å². The van der Waals surface area contributed by atoms with Crippen molar-refractivity contribution in [1.82, 2.24) is 0 Å². The Morgan fingerprint density at radius 3 is 3.18 bits per heavy atom. The summed E-state index contributed by atoms with van der Waals surface area (Å²) < 4.78 is 10.2. The van der Waals surface area contributed by atoms with E-state index in [4.69, 9.17) is 9.47 Å². The first-order valence-electron chi connectivity index (χ1n) is 4.10. The minimum Gasteiger partial charge on any atom is -0.466 e. The molecule has 0 aromatic carbocycles. The van der Waals surface area contributed by atoms with E-state index in [1.165, 1.54) is 0 Å². The molecule has 0 bridgehead atoms. The number of cyclic esters (lactones) is 1. The summed E-state index contributed by atoms with van der Waals surface area (Å²) in [6.45, 7) is 3.20. The summed E-state index contributed by atoms with van der Waals surface area (Å²) in [5.74, 6) is -0.0906. The fraction of sp³-hybridized carbons (Fsp3) is 0.875. The normalized spacial score (nSPS) is 25.9. The van der Waals surface area contributed by atoms with Crippen molar-refractivity contribution >= 4 is 5.97 Å². The van der Waals surface area contributed by atoms with Gasteiger partial charge in [-0.3, -0.25) is 4.79 Å². The molecule has 64 valence electrons.